The van der Waals surface area contributed by atoms with E-state index in [0.717, 1.165) is 0 Å². The molecule has 0 heterocycles. The summed E-state index contributed by atoms with van der Waals surface area (Å²) in [4.78, 5) is 2.91. The van der Waals surface area contributed by atoms with Crippen LogP contribution in [0.5, 0.6) is 0 Å². The molecule has 6 heavy (non-hydrogen) atoms. The van der Waals surface area contributed by atoms with E-state index in [1.807, 2.05) is 7.05 Å². The Morgan fingerprint density at radius 2 is 2.50 bits per heavy atom. The Kier molecular flexibility index (Phi) is 3.02. The Morgan fingerprint density at radius 3 is 2.50 bits per heavy atom. The lowest BCUT2D eigenvalue weighted by Gasteiger charge is -1.95. The molecule has 3 N–H and O–H groups in total. The van der Waals surface area contributed by atoms with E-state index in [-0.39, 0.29) is 0 Å². The highest BCUT2D eigenvalue weighted by atomic mass is 28.3. The largest absolute Gasteiger partial charge is 0.338 e. The predicted molar refractivity (Wildman–Crippen MR) is 30.6 cm³/mol. The molecule has 2 nitrogen and oxygen atoms in total. The van der Waals surface area contributed by atoms with Crippen molar-refractivity contribution in [1.29, 1.82) is 0 Å². The number of rotatable bonds is 2. The number of nitrogens with one attached hydrogen (secondary N) is 1. The Balaban J connectivity index is 2.96. The van der Waals surface area contributed by atoms with Crippen molar-refractivity contribution in [2.24, 2.45) is 5.40 Å². The van der Waals surface area contributed by atoms with Crippen LogP contribution < -0.4 is 10.4 Å². The minimum atomic E-state index is -1.15. The summed E-state index contributed by atoms with van der Waals surface area (Å²) in [6.07, 6.45) is 0. The average Bonchev–Trinajstić information content (AvgIpc) is 1.65. The van der Waals surface area contributed by atoms with Crippen molar-refractivity contribution in [2.45, 2.75) is 0 Å². The number of hydrogen-bond acceptors (Lipinski definition) is 2. The van der Waals surface area contributed by atoms with Crippen LogP contribution in [0.3, 0.4) is 0 Å². The molecule has 36 valence electrons. The molecular formula is C3H10N2Si. The average molecular weight is 102 g/mol. The third kappa shape index (κ3) is 2.13. The van der Waals surface area contributed by atoms with Gasteiger partial charge in [0.05, 0.1) is 0 Å². The van der Waals surface area contributed by atoms with Gasteiger partial charge in [-0.2, -0.15) is 0 Å². The van der Waals surface area contributed by atoms with Gasteiger partial charge in [0.1, 0.15) is 0 Å². The lowest BCUT2D eigenvalue weighted by atomic mass is 11.3. The van der Waals surface area contributed by atoms with Crippen molar-refractivity contribution in [1.82, 2.24) is 4.98 Å². The van der Waals surface area contributed by atoms with Gasteiger partial charge in [0, 0.05) is 0 Å². The molecule has 3 heteroatoms. The van der Waals surface area contributed by atoms with Crippen LogP contribution in [-0.2, 0) is 0 Å². The van der Waals surface area contributed by atoms with Gasteiger partial charge in [-0.25, -0.2) is 0 Å². The molecule has 0 saturated heterocycles. The second kappa shape index (κ2) is 3.08. The Hall–Kier alpha value is -0.123. The third-order valence-corrected chi connectivity index (χ3v) is 1.76. The molecule has 0 radical (unpaired) electrons. The summed E-state index contributed by atoms with van der Waals surface area (Å²) >= 11 is 0. The van der Waals surface area contributed by atoms with Crippen LogP contribution in [0, 0.1) is 0 Å². The van der Waals surface area contributed by atoms with Crippen LogP contribution in [0.15, 0.2) is 12.3 Å². The van der Waals surface area contributed by atoms with E-state index < -0.39 is 9.12 Å². The minimum Gasteiger partial charge on any atom is -0.338 e. The van der Waals surface area contributed by atoms with E-state index in [4.69, 9.17) is 5.40 Å². The van der Waals surface area contributed by atoms with Crippen molar-refractivity contribution in [2.75, 3.05) is 7.05 Å². The molecule has 0 aromatic rings. The summed E-state index contributed by atoms with van der Waals surface area (Å²) < 4.78 is 0. The highest BCUT2D eigenvalue weighted by Crippen LogP contribution is 1.56. The Bertz CT molecular complexity index is 46.1. The summed E-state index contributed by atoms with van der Waals surface area (Å²) in [6.45, 7) is 3.51. The standard InChI is InChI=1S/C3H10N2Si/c1-3-6(4)5-2/h3,5-6H,1,4H2,2H3. The molecule has 0 aliphatic carbocycles. The van der Waals surface area contributed by atoms with Gasteiger partial charge in [0.2, 0.25) is 9.12 Å². The van der Waals surface area contributed by atoms with Crippen LogP contribution in [0.2, 0.25) is 0 Å². The lowest BCUT2D eigenvalue weighted by Crippen LogP contribution is -2.37. The summed E-state index contributed by atoms with van der Waals surface area (Å²) in [5.74, 6) is 0. The fraction of sp³-hybridized carbons (Fsp3) is 0.333. The van der Waals surface area contributed by atoms with Crippen molar-refractivity contribution < 1.29 is 0 Å². The van der Waals surface area contributed by atoms with Crippen LogP contribution >= 0.6 is 0 Å². The molecule has 0 aliphatic heterocycles. The fourth-order valence-corrected chi connectivity index (χ4v) is 0.354. The maximum absolute atomic E-state index is 5.38. The van der Waals surface area contributed by atoms with Crippen molar-refractivity contribution in [3.8, 4) is 0 Å². The zero-order chi connectivity index (χ0) is 4.99. The van der Waals surface area contributed by atoms with Crippen LogP contribution in [0.1, 0.15) is 0 Å². The smallest absolute Gasteiger partial charge is 0.206 e. The van der Waals surface area contributed by atoms with Gasteiger partial charge in [-0.1, -0.05) is 5.70 Å². The first-order chi connectivity index (χ1) is 2.81. The summed E-state index contributed by atoms with van der Waals surface area (Å²) in [5.41, 5.74) is 1.78. The molecule has 0 aliphatic rings. The Labute approximate surface area is 39.8 Å². The van der Waals surface area contributed by atoms with Crippen LogP contribution in [0.4, 0.5) is 0 Å². The van der Waals surface area contributed by atoms with E-state index in [1.54, 1.807) is 5.70 Å². The molecule has 0 fully saturated rings. The zero-order valence-corrected chi connectivity index (χ0v) is 5.09. The third-order valence-electron chi connectivity index (χ3n) is 0.587. The van der Waals surface area contributed by atoms with Crippen LogP contribution in [0.25, 0.3) is 0 Å². The monoisotopic (exact) mass is 102 g/mol. The molecule has 0 aromatic heterocycles. The SMILES string of the molecule is C=C[SiH](N)NC. The molecule has 0 amide bonds. The predicted octanol–water partition coefficient (Wildman–Crippen LogP) is -0.890. The van der Waals surface area contributed by atoms with E-state index >= 15 is 0 Å². The topological polar surface area (TPSA) is 38.0 Å². The molecule has 1 unspecified atom stereocenters. The second-order valence-corrected chi connectivity index (χ2v) is 3.15. The van der Waals surface area contributed by atoms with Crippen molar-refractivity contribution in [3.05, 3.63) is 12.3 Å². The van der Waals surface area contributed by atoms with Gasteiger partial charge in [-0.15, -0.1) is 6.58 Å². The molecule has 0 rings (SSSR count). The lowest BCUT2D eigenvalue weighted by molar-refractivity contribution is 1.21. The van der Waals surface area contributed by atoms with Crippen LogP contribution in [-0.4, -0.2) is 16.2 Å². The quantitative estimate of drug-likeness (QED) is 0.444. The normalized spacial score (nSPS) is 13.7. The molecule has 1 atom stereocenters. The summed E-state index contributed by atoms with van der Waals surface area (Å²) in [5, 5.41) is 5.38. The maximum atomic E-state index is 5.38. The molecule has 0 saturated carbocycles. The second-order valence-electron chi connectivity index (χ2n) is 1.05. The minimum absolute atomic E-state index is 1.15. The van der Waals surface area contributed by atoms with Gasteiger partial charge >= 0.3 is 0 Å². The van der Waals surface area contributed by atoms with Crippen molar-refractivity contribution >= 4 is 9.12 Å². The first-order valence-corrected chi connectivity index (χ1v) is 3.77. The van der Waals surface area contributed by atoms with Gasteiger partial charge in [-0.05, 0) is 7.05 Å². The highest BCUT2D eigenvalue weighted by molar-refractivity contribution is 6.57. The van der Waals surface area contributed by atoms with E-state index in [9.17, 15) is 0 Å². The Morgan fingerprint density at radius 1 is 2.00 bits per heavy atom. The van der Waals surface area contributed by atoms with E-state index in [1.165, 1.54) is 0 Å². The molecule has 0 aromatic carbocycles. The number of nitrogens with two attached hydrogens (primary N) is 1. The maximum Gasteiger partial charge on any atom is 0.206 e. The zero-order valence-electron chi connectivity index (χ0n) is 3.94. The highest BCUT2D eigenvalue weighted by Gasteiger charge is 1.86. The van der Waals surface area contributed by atoms with Gasteiger partial charge < -0.3 is 10.4 Å². The van der Waals surface area contributed by atoms with E-state index in [0.29, 0.717) is 0 Å². The van der Waals surface area contributed by atoms with E-state index in [2.05, 4.69) is 11.6 Å². The number of hydrogen-bond donors (Lipinski definition) is 2. The van der Waals surface area contributed by atoms with Gasteiger partial charge in [0.15, 0.2) is 0 Å². The summed E-state index contributed by atoms with van der Waals surface area (Å²) in [7, 11) is 0.699. The van der Waals surface area contributed by atoms with Crippen molar-refractivity contribution in [3.63, 3.8) is 0 Å². The first-order valence-electron chi connectivity index (χ1n) is 1.86. The molecular weight excluding hydrogens is 92.1 g/mol. The fourth-order valence-electron chi connectivity index (χ4n) is 0.118. The van der Waals surface area contributed by atoms with Gasteiger partial charge in [0.25, 0.3) is 0 Å². The summed E-state index contributed by atoms with van der Waals surface area (Å²) in [6, 6.07) is 0. The molecule has 0 spiro atoms. The molecule has 0 bridgehead atoms. The van der Waals surface area contributed by atoms with Gasteiger partial charge in [-0.3, -0.25) is 0 Å². The first kappa shape index (κ1) is 5.88.